The minimum atomic E-state index is -0.0224. The molecule has 2 aromatic carbocycles. The summed E-state index contributed by atoms with van der Waals surface area (Å²) in [7, 11) is 0. The fraction of sp³-hybridized carbons (Fsp3) is 0.423. The zero-order valence-electron chi connectivity index (χ0n) is 18.2. The number of ketones is 1. The number of hydrogen-bond acceptors (Lipinski definition) is 4. The maximum atomic E-state index is 13.0. The molecule has 0 bridgehead atoms. The third-order valence-corrected chi connectivity index (χ3v) is 7.18. The zero-order chi connectivity index (χ0) is 21.6. The minimum Gasteiger partial charge on any atom is -0.293 e. The van der Waals surface area contributed by atoms with Gasteiger partial charge in [-0.25, -0.2) is 4.98 Å². The van der Waals surface area contributed by atoms with Crippen LogP contribution < -0.4 is 5.56 Å². The number of benzene rings is 2. The number of hydrogen-bond donors (Lipinski definition) is 0. The summed E-state index contributed by atoms with van der Waals surface area (Å²) in [4.78, 5) is 30.5. The van der Waals surface area contributed by atoms with Gasteiger partial charge in [-0.1, -0.05) is 80.8 Å². The largest absolute Gasteiger partial charge is 0.293 e. The van der Waals surface area contributed by atoms with Crippen molar-refractivity contribution in [1.82, 2.24) is 9.55 Å². The molecule has 0 amide bonds. The topological polar surface area (TPSA) is 52.0 Å². The molecule has 0 spiro atoms. The van der Waals surface area contributed by atoms with E-state index in [0.717, 1.165) is 18.4 Å². The monoisotopic (exact) mass is 434 g/mol. The van der Waals surface area contributed by atoms with Crippen LogP contribution in [0.5, 0.6) is 0 Å². The van der Waals surface area contributed by atoms with Crippen LogP contribution in [-0.2, 0) is 6.54 Å². The summed E-state index contributed by atoms with van der Waals surface area (Å²) in [6, 6.07) is 15.6. The van der Waals surface area contributed by atoms with E-state index in [0.29, 0.717) is 28.5 Å². The third-order valence-electron chi connectivity index (χ3n) is 6.20. The summed E-state index contributed by atoms with van der Waals surface area (Å²) < 4.78 is 1.73. The van der Waals surface area contributed by atoms with E-state index in [-0.39, 0.29) is 17.1 Å². The van der Waals surface area contributed by atoms with E-state index in [9.17, 15) is 9.59 Å². The Morgan fingerprint density at radius 2 is 1.81 bits per heavy atom. The summed E-state index contributed by atoms with van der Waals surface area (Å²) in [5.74, 6) is 0.992. The van der Waals surface area contributed by atoms with E-state index in [1.807, 2.05) is 36.4 Å². The molecule has 3 aromatic rings. The number of fused-ring (bicyclic) bond motifs is 1. The Hall–Kier alpha value is -2.40. The smallest absolute Gasteiger partial charge is 0.262 e. The van der Waals surface area contributed by atoms with Crippen molar-refractivity contribution in [1.29, 1.82) is 0 Å². The molecule has 31 heavy (non-hydrogen) atoms. The average Bonchev–Trinajstić information content (AvgIpc) is 2.83. The Morgan fingerprint density at radius 1 is 1.06 bits per heavy atom. The van der Waals surface area contributed by atoms with Gasteiger partial charge in [0.05, 0.1) is 16.7 Å². The van der Waals surface area contributed by atoms with Gasteiger partial charge in [0, 0.05) is 12.1 Å². The second-order valence-corrected chi connectivity index (χ2v) is 9.33. The van der Waals surface area contributed by atoms with Crippen molar-refractivity contribution < 1.29 is 4.79 Å². The van der Waals surface area contributed by atoms with Crippen LogP contribution in [0.25, 0.3) is 10.9 Å². The van der Waals surface area contributed by atoms with Crippen LogP contribution in [0.3, 0.4) is 0 Å². The summed E-state index contributed by atoms with van der Waals surface area (Å²) >= 11 is 1.36. The van der Waals surface area contributed by atoms with E-state index in [2.05, 4.69) is 19.1 Å². The van der Waals surface area contributed by atoms with Gasteiger partial charge in [0.25, 0.3) is 5.56 Å². The Kier molecular flexibility index (Phi) is 7.23. The van der Waals surface area contributed by atoms with Crippen LogP contribution in [0, 0.1) is 0 Å². The van der Waals surface area contributed by atoms with E-state index >= 15 is 0 Å². The third kappa shape index (κ3) is 5.09. The molecule has 4 rings (SSSR count). The van der Waals surface area contributed by atoms with Gasteiger partial charge in [0.1, 0.15) is 0 Å². The van der Waals surface area contributed by atoms with Gasteiger partial charge < -0.3 is 0 Å². The van der Waals surface area contributed by atoms with Crippen molar-refractivity contribution in [2.24, 2.45) is 0 Å². The summed E-state index contributed by atoms with van der Waals surface area (Å²) in [6.07, 6.45) is 8.37. The first kappa shape index (κ1) is 21.8. The lowest BCUT2D eigenvalue weighted by atomic mass is 9.84. The molecule has 1 heterocycles. The number of carbonyl (C=O) groups excluding carboxylic acids is 1. The lowest BCUT2D eigenvalue weighted by Gasteiger charge is -2.22. The molecular formula is C26H30N2O2S. The van der Waals surface area contributed by atoms with Gasteiger partial charge in [-0.3, -0.25) is 14.2 Å². The van der Waals surface area contributed by atoms with Crippen LogP contribution >= 0.6 is 11.8 Å². The maximum absolute atomic E-state index is 13.0. The first-order valence-corrected chi connectivity index (χ1v) is 12.4. The molecule has 0 atom stereocenters. The summed E-state index contributed by atoms with van der Waals surface area (Å²) in [5.41, 5.74) is 2.75. The second kappa shape index (κ2) is 10.3. The predicted molar refractivity (Wildman–Crippen MR) is 128 cm³/mol. The molecule has 0 unspecified atom stereocenters. The SMILES string of the molecule is CCCCn1c(SCC(=O)c2ccc(C3CCCCC3)cc2)nc2ccccc2c1=O. The van der Waals surface area contributed by atoms with Crippen molar-refractivity contribution in [3.8, 4) is 0 Å². The number of nitrogens with zero attached hydrogens (tertiary/aromatic N) is 2. The van der Waals surface area contributed by atoms with Gasteiger partial charge in [-0.05, 0) is 42.9 Å². The Morgan fingerprint density at radius 3 is 2.55 bits per heavy atom. The van der Waals surface area contributed by atoms with Gasteiger partial charge in [-0.2, -0.15) is 0 Å². The Balaban J connectivity index is 1.50. The average molecular weight is 435 g/mol. The molecule has 0 radical (unpaired) electrons. The van der Waals surface area contributed by atoms with E-state index < -0.39 is 0 Å². The van der Waals surface area contributed by atoms with Crippen molar-refractivity contribution in [3.05, 3.63) is 70.0 Å². The van der Waals surface area contributed by atoms with Gasteiger partial charge in [0.15, 0.2) is 10.9 Å². The molecule has 1 saturated carbocycles. The van der Waals surface area contributed by atoms with E-state index in [1.54, 1.807) is 4.57 Å². The molecule has 1 aliphatic rings. The first-order valence-electron chi connectivity index (χ1n) is 11.4. The van der Waals surface area contributed by atoms with Crippen LogP contribution in [0.4, 0.5) is 0 Å². The quantitative estimate of drug-likeness (QED) is 0.240. The van der Waals surface area contributed by atoms with Gasteiger partial charge in [-0.15, -0.1) is 0 Å². The molecule has 162 valence electrons. The highest BCUT2D eigenvalue weighted by Gasteiger charge is 2.17. The Labute approximate surface area is 188 Å². The van der Waals surface area contributed by atoms with E-state index in [4.69, 9.17) is 4.98 Å². The zero-order valence-corrected chi connectivity index (χ0v) is 19.0. The highest BCUT2D eigenvalue weighted by atomic mass is 32.2. The molecule has 5 heteroatoms. The van der Waals surface area contributed by atoms with Gasteiger partial charge in [0.2, 0.25) is 0 Å². The lowest BCUT2D eigenvalue weighted by molar-refractivity contribution is 0.102. The number of rotatable bonds is 8. The van der Waals surface area contributed by atoms with Crippen LogP contribution in [0.1, 0.15) is 73.7 Å². The van der Waals surface area contributed by atoms with E-state index in [1.165, 1.54) is 49.4 Å². The van der Waals surface area contributed by atoms with Crippen LogP contribution in [0.2, 0.25) is 0 Å². The van der Waals surface area contributed by atoms with Crippen molar-refractivity contribution in [2.45, 2.75) is 69.5 Å². The number of unbranched alkanes of at least 4 members (excludes halogenated alkanes) is 1. The van der Waals surface area contributed by atoms with Crippen molar-refractivity contribution >= 4 is 28.4 Å². The molecule has 1 aliphatic carbocycles. The van der Waals surface area contributed by atoms with Crippen LogP contribution in [0.15, 0.2) is 58.5 Å². The molecule has 1 aromatic heterocycles. The fourth-order valence-electron chi connectivity index (χ4n) is 4.36. The molecule has 1 fully saturated rings. The predicted octanol–water partition coefficient (Wildman–Crippen LogP) is 6.22. The van der Waals surface area contributed by atoms with Crippen LogP contribution in [-0.4, -0.2) is 21.1 Å². The van der Waals surface area contributed by atoms with Crippen molar-refractivity contribution in [3.63, 3.8) is 0 Å². The first-order chi connectivity index (χ1) is 15.2. The number of thioether (sulfide) groups is 1. The molecule has 0 N–H and O–H groups in total. The number of aromatic nitrogens is 2. The lowest BCUT2D eigenvalue weighted by Crippen LogP contribution is -2.24. The number of Topliss-reactive ketones (excluding diaryl/α,β-unsaturated/α-hetero) is 1. The molecule has 4 nitrogen and oxygen atoms in total. The second-order valence-electron chi connectivity index (χ2n) is 8.39. The summed E-state index contributed by atoms with van der Waals surface area (Å²) in [6.45, 7) is 2.73. The molecular weight excluding hydrogens is 404 g/mol. The molecule has 0 saturated heterocycles. The standard InChI is InChI=1S/C26H30N2O2S/c1-2-3-17-28-25(30)22-11-7-8-12-23(22)27-26(28)31-18-24(29)21-15-13-20(14-16-21)19-9-5-4-6-10-19/h7-8,11-16,19H,2-6,9-10,17-18H2,1H3. The van der Waals surface area contributed by atoms with Crippen molar-refractivity contribution in [2.75, 3.05) is 5.75 Å². The number of carbonyl (C=O) groups is 1. The highest BCUT2D eigenvalue weighted by Crippen LogP contribution is 2.32. The fourth-order valence-corrected chi connectivity index (χ4v) is 5.28. The maximum Gasteiger partial charge on any atom is 0.262 e. The summed E-state index contributed by atoms with van der Waals surface area (Å²) in [5, 5.41) is 1.26. The highest BCUT2D eigenvalue weighted by molar-refractivity contribution is 7.99. The minimum absolute atomic E-state index is 0.0224. The van der Waals surface area contributed by atoms with Gasteiger partial charge >= 0.3 is 0 Å². The Bertz CT molecular complexity index is 1100. The number of para-hydroxylation sites is 1. The normalized spacial score (nSPS) is 14.7. The molecule has 0 aliphatic heterocycles.